The monoisotopic (exact) mass is 206 g/mol. The van der Waals surface area contributed by atoms with Gasteiger partial charge in [-0.25, -0.2) is 4.21 Å². The number of rotatable bonds is 1. The van der Waals surface area contributed by atoms with Gasteiger partial charge in [0.05, 0.1) is 21.0 Å². The Morgan fingerprint density at radius 1 is 1.36 bits per heavy atom. The highest BCUT2D eigenvalue weighted by Crippen LogP contribution is 2.24. The zero-order valence-corrected chi connectivity index (χ0v) is 8.46. The lowest BCUT2D eigenvalue weighted by Crippen LogP contribution is -2.23. The molecule has 0 aliphatic carbocycles. The van der Waals surface area contributed by atoms with E-state index < -0.39 is 9.73 Å². The van der Waals surface area contributed by atoms with Gasteiger partial charge < -0.3 is 0 Å². The van der Waals surface area contributed by atoms with E-state index in [4.69, 9.17) is 5.26 Å². The molecule has 1 aliphatic heterocycles. The van der Waals surface area contributed by atoms with Crippen molar-refractivity contribution in [2.45, 2.75) is 6.42 Å². The predicted octanol–water partition coefficient (Wildman–Crippen LogP) is 2.06. The van der Waals surface area contributed by atoms with E-state index in [1.807, 2.05) is 6.07 Å². The molecule has 0 spiro atoms. The molecular formula is C10H10N2OS. The van der Waals surface area contributed by atoms with Crippen molar-refractivity contribution < 1.29 is 4.21 Å². The third-order valence-corrected chi connectivity index (χ3v) is 4.60. The van der Waals surface area contributed by atoms with E-state index in [2.05, 4.69) is 4.36 Å². The molecular weight excluding hydrogens is 196 g/mol. The van der Waals surface area contributed by atoms with Crippen LogP contribution in [0.15, 0.2) is 28.6 Å². The van der Waals surface area contributed by atoms with Crippen molar-refractivity contribution in [2.24, 2.45) is 4.36 Å². The topological polar surface area (TPSA) is 53.2 Å². The Bertz CT molecular complexity index is 497. The van der Waals surface area contributed by atoms with Crippen LogP contribution < -0.4 is 0 Å². The second kappa shape index (κ2) is 3.43. The van der Waals surface area contributed by atoms with E-state index >= 15 is 0 Å². The fraction of sp³-hybridized carbons (Fsp3) is 0.300. The SMILES string of the molecule is N#Cc1ccccc1N=S1(=O)CCC1. The predicted molar refractivity (Wildman–Crippen MR) is 55.7 cm³/mol. The highest BCUT2D eigenvalue weighted by Gasteiger charge is 2.19. The smallest absolute Gasteiger partial charge is 0.101 e. The van der Waals surface area contributed by atoms with Crippen molar-refractivity contribution in [2.75, 3.05) is 11.5 Å². The highest BCUT2D eigenvalue weighted by atomic mass is 32.2. The van der Waals surface area contributed by atoms with Crippen LogP contribution in [0.25, 0.3) is 0 Å². The lowest BCUT2D eigenvalue weighted by Gasteiger charge is -2.17. The van der Waals surface area contributed by atoms with Crippen LogP contribution in [-0.4, -0.2) is 15.7 Å². The average molecular weight is 206 g/mol. The molecule has 1 saturated heterocycles. The van der Waals surface area contributed by atoms with E-state index in [1.165, 1.54) is 0 Å². The maximum Gasteiger partial charge on any atom is 0.101 e. The minimum Gasteiger partial charge on any atom is -0.249 e. The molecule has 14 heavy (non-hydrogen) atoms. The van der Waals surface area contributed by atoms with Crippen molar-refractivity contribution in [3.63, 3.8) is 0 Å². The summed E-state index contributed by atoms with van der Waals surface area (Å²) in [6, 6.07) is 9.07. The van der Waals surface area contributed by atoms with Crippen LogP contribution in [0.5, 0.6) is 0 Å². The first-order valence-electron chi connectivity index (χ1n) is 4.45. The molecule has 0 N–H and O–H groups in total. The minimum absolute atomic E-state index is 0.502. The van der Waals surface area contributed by atoms with Crippen LogP contribution in [0.3, 0.4) is 0 Å². The first-order chi connectivity index (χ1) is 6.73. The molecule has 2 rings (SSSR count). The normalized spacial score (nSPS) is 17.9. The van der Waals surface area contributed by atoms with Crippen LogP contribution in [0, 0.1) is 11.3 Å². The summed E-state index contributed by atoms with van der Waals surface area (Å²) in [6.07, 6.45) is 0.983. The maximum atomic E-state index is 11.8. The molecule has 1 aromatic carbocycles. The molecule has 1 aliphatic rings. The number of hydrogen-bond donors (Lipinski definition) is 0. The summed E-state index contributed by atoms with van der Waals surface area (Å²) in [4.78, 5) is 0. The van der Waals surface area contributed by atoms with Crippen molar-refractivity contribution in [3.8, 4) is 6.07 Å². The second-order valence-corrected chi connectivity index (χ2v) is 5.80. The largest absolute Gasteiger partial charge is 0.249 e. The molecule has 72 valence electrons. The summed E-state index contributed by atoms with van der Waals surface area (Å²) in [7, 11) is -2.00. The second-order valence-electron chi connectivity index (χ2n) is 3.25. The van der Waals surface area contributed by atoms with Crippen LogP contribution in [0.1, 0.15) is 12.0 Å². The van der Waals surface area contributed by atoms with Gasteiger partial charge in [0.15, 0.2) is 0 Å². The fourth-order valence-electron chi connectivity index (χ4n) is 1.31. The van der Waals surface area contributed by atoms with Gasteiger partial charge in [0.25, 0.3) is 0 Å². The molecule has 1 aromatic rings. The van der Waals surface area contributed by atoms with Crippen molar-refractivity contribution in [1.29, 1.82) is 5.26 Å². The summed E-state index contributed by atoms with van der Waals surface area (Å²) in [6.45, 7) is 0. The first-order valence-corrected chi connectivity index (χ1v) is 6.30. The first kappa shape index (κ1) is 9.22. The van der Waals surface area contributed by atoms with Gasteiger partial charge in [-0.3, -0.25) is 0 Å². The lowest BCUT2D eigenvalue weighted by atomic mass is 10.2. The minimum atomic E-state index is -2.00. The zero-order valence-electron chi connectivity index (χ0n) is 7.64. The number of hydrogen-bond acceptors (Lipinski definition) is 3. The van der Waals surface area contributed by atoms with Crippen LogP contribution in [-0.2, 0) is 9.73 Å². The van der Waals surface area contributed by atoms with Gasteiger partial charge in [0.1, 0.15) is 6.07 Å². The molecule has 0 saturated carbocycles. The van der Waals surface area contributed by atoms with Gasteiger partial charge in [0, 0.05) is 11.5 Å². The van der Waals surface area contributed by atoms with E-state index in [0.29, 0.717) is 22.8 Å². The van der Waals surface area contributed by atoms with Crippen molar-refractivity contribution in [3.05, 3.63) is 29.8 Å². The molecule has 4 heteroatoms. The highest BCUT2D eigenvalue weighted by molar-refractivity contribution is 7.95. The third kappa shape index (κ3) is 1.64. The average Bonchev–Trinajstić information content (AvgIpc) is 2.16. The quantitative estimate of drug-likeness (QED) is 0.706. The summed E-state index contributed by atoms with van der Waals surface area (Å²) >= 11 is 0. The summed E-state index contributed by atoms with van der Waals surface area (Å²) in [5, 5.41) is 8.80. The lowest BCUT2D eigenvalue weighted by molar-refractivity contribution is 0.663. The summed E-state index contributed by atoms with van der Waals surface area (Å²) < 4.78 is 16.0. The number of nitrogens with zero attached hydrogens (tertiary/aromatic N) is 2. The Morgan fingerprint density at radius 2 is 2.07 bits per heavy atom. The van der Waals surface area contributed by atoms with Gasteiger partial charge in [-0.15, -0.1) is 0 Å². The van der Waals surface area contributed by atoms with Gasteiger partial charge >= 0.3 is 0 Å². The summed E-state index contributed by atoms with van der Waals surface area (Å²) in [5.74, 6) is 1.35. The van der Waals surface area contributed by atoms with E-state index in [9.17, 15) is 4.21 Å². The van der Waals surface area contributed by atoms with Crippen LogP contribution in [0.2, 0.25) is 0 Å². The Hall–Kier alpha value is -1.34. The van der Waals surface area contributed by atoms with E-state index in [-0.39, 0.29) is 0 Å². The number of benzene rings is 1. The Kier molecular flexibility index (Phi) is 2.26. The molecule has 0 amide bonds. The van der Waals surface area contributed by atoms with E-state index in [0.717, 1.165) is 6.42 Å². The zero-order chi connectivity index (χ0) is 10.0. The molecule has 0 aromatic heterocycles. The van der Waals surface area contributed by atoms with Gasteiger partial charge in [0.2, 0.25) is 0 Å². The Balaban J connectivity index is 2.48. The van der Waals surface area contributed by atoms with Crippen LogP contribution in [0.4, 0.5) is 5.69 Å². The number of nitriles is 1. The molecule has 3 nitrogen and oxygen atoms in total. The fourth-order valence-corrected chi connectivity index (χ4v) is 2.79. The molecule has 0 atom stereocenters. The summed E-state index contributed by atoms with van der Waals surface area (Å²) in [5.41, 5.74) is 1.07. The van der Waals surface area contributed by atoms with Crippen molar-refractivity contribution in [1.82, 2.24) is 0 Å². The molecule has 1 heterocycles. The van der Waals surface area contributed by atoms with Gasteiger partial charge in [-0.1, -0.05) is 12.1 Å². The Labute approximate surface area is 83.6 Å². The standard InChI is InChI=1S/C10H10N2OS/c11-8-9-4-1-2-5-10(9)12-14(13)6-3-7-14/h1-2,4-5H,3,6-7H2. The van der Waals surface area contributed by atoms with E-state index in [1.54, 1.807) is 24.3 Å². The van der Waals surface area contributed by atoms with Crippen LogP contribution >= 0.6 is 0 Å². The Morgan fingerprint density at radius 3 is 2.64 bits per heavy atom. The van der Waals surface area contributed by atoms with Gasteiger partial charge in [-0.2, -0.15) is 9.62 Å². The van der Waals surface area contributed by atoms with Gasteiger partial charge in [-0.05, 0) is 18.6 Å². The molecule has 0 bridgehead atoms. The molecule has 0 radical (unpaired) electrons. The molecule has 1 fully saturated rings. The maximum absolute atomic E-state index is 11.8. The van der Waals surface area contributed by atoms with Crippen molar-refractivity contribution >= 4 is 15.4 Å². The molecule has 0 unspecified atom stereocenters. The third-order valence-electron chi connectivity index (χ3n) is 2.22.